The molecule has 0 radical (unpaired) electrons. The molecule has 0 aliphatic carbocycles. The quantitative estimate of drug-likeness (QED) is 0.758. The van der Waals surface area contributed by atoms with Crippen molar-refractivity contribution in [3.05, 3.63) is 59.2 Å². The van der Waals surface area contributed by atoms with Gasteiger partial charge in [0.25, 0.3) is 0 Å². The summed E-state index contributed by atoms with van der Waals surface area (Å²) in [4.78, 5) is 4.99. The van der Waals surface area contributed by atoms with Crippen LogP contribution in [-0.4, -0.2) is 61.4 Å². The standard InChI is InChI=1S/C23H32N2O3/c1-18-6-4-5-7-20(18)16-25-12-11-24(17-21(25)10-13-26)15-19-8-9-22(27-2)23(14-19)28-3/h4-9,14,21,26H,10-13,15-17H2,1-3H3/t21-/m0/s1. The molecule has 28 heavy (non-hydrogen) atoms. The number of aliphatic hydroxyl groups excluding tert-OH is 1. The minimum atomic E-state index is 0.221. The van der Waals surface area contributed by atoms with Crippen molar-refractivity contribution in [2.45, 2.75) is 32.5 Å². The first-order valence-electron chi connectivity index (χ1n) is 9.97. The summed E-state index contributed by atoms with van der Waals surface area (Å²) in [6.45, 7) is 7.19. The lowest BCUT2D eigenvalue weighted by molar-refractivity contribution is 0.0498. The van der Waals surface area contributed by atoms with Crippen molar-refractivity contribution in [2.24, 2.45) is 0 Å². The summed E-state index contributed by atoms with van der Waals surface area (Å²) < 4.78 is 10.8. The maximum atomic E-state index is 9.58. The van der Waals surface area contributed by atoms with Gasteiger partial charge < -0.3 is 14.6 Å². The second-order valence-corrected chi connectivity index (χ2v) is 7.49. The first-order valence-corrected chi connectivity index (χ1v) is 9.97. The molecule has 0 bridgehead atoms. The van der Waals surface area contributed by atoms with Gasteiger partial charge in [-0.2, -0.15) is 0 Å². The van der Waals surface area contributed by atoms with Crippen LogP contribution in [0.2, 0.25) is 0 Å². The zero-order valence-corrected chi connectivity index (χ0v) is 17.2. The summed E-state index contributed by atoms with van der Waals surface area (Å²) in [5, 5.41) is 9.58. The summed E-state index contributed by atoms with van der Waals surface area (Å²) in [5.41, 5.74) is 3.92. The fourth-order valence-corrected chi connectivity index (χ4v) is 3.98. The smallest absolute Gasteiger partial charge is 0.161 e. The maximum Gasteiger partial charge on any atom is 0.161 e. The zero-order valence-electron chi connectivity index (χ0n) is 17.2. The van der Waals surface area contributed by atoms with E-state index in [1.165, 1.54) is 16.7 Å². The maximum absolute atomic E-state index is 9.58. The van der Waals surface area contributed by atoms with Gasteiger partial charge in [-0.15, -0.1) is 0 Å². The van der Waals surface area contributed by atoms with Crippen LogP contribution in [0.25, 0.3) is 0 Å². The zero-order chi connectivity index (χ0) is 19.9. The molecule has 152 valence electrons. The first kappa shape index (κ1) is 20.6. The van der Waals surface area contributed by atoms with Gasteiger partial charge in [-0.05, 0) is 42.2 Å². The van der Waals surface area contributed by atoms with E-state index in [9.17, 15) is 5.11 Å². The molecule has 5 nitrogen and oxygen atoms in total. The van der Waals surface area contributed by atoms with Crippen LogP contribution >= 0.6 is 0 Å². The largest absolute Gasteiger partial charge is 0.493 e. The molecule has 0 saturated carbocycles. The van der Waals surface area contributed by atoms with Crippen LogP contribution in [0.4, 0.5) is 0 Å². The molecule has 0 spiro atoms. The molecule has 0 amide bonds. The third-order valence-corrected chi connectivity index (χ3v) is 5.64. The number of methoxy groups -OCH3 is 2. The van der Waals surface area contributed by atoms with Crippen LogP contribution in [0.15, 0.2) is 42.5 Å². The van der Waals surface area contributed by atoms with Gasteiger partial charge in [0.1, 0.15) is 0 Å². The van der Waals surface area contributed by atoms with Gasteiger partial charge in [-0.25, -0.2) is 0 Å². The second kappa shape index (κ2) is 9.92. The Kier molecular flexibility index (Phi) is 7.31. The molecule has 1 saturated heterocycles. The number of ether oxygens (including phenoxy) is 2. The molecule has 1 heterocycles. The second-order valence-electron chi connectivity index (χ2n) is 7.49. The van der Waals surface area contributed by atoms with Crippen molar-refractivity contribution in [3.8, 4) is 11.5 Å². The van der Waals surface area contributed by atoms with Gasteiger partial charge in [0.2, 0.25) is 0 Å². The Morgan fingerprint density at radius 3 is 2.50 bits per heavy atom. The Labute approximate surface area is 168 Å². The van der Waals surface area contributed by atoms with E-state index in [-0.39, 0.29) is 6.61 Å². The summed E-state index contributed by atoms with van der Waals surface area (Å²) >= 11 is 0. The Hall–Kier alpha value is -2.08. The molecule has 2 aromatic carbocycles. The molecule has 5 heteroatoms. The van der Waals surface area contributed by atoms with Crippen LogP contribution in [-0.2, 0) is 13.1 Å². The molecule has 1 aliphatic rings. The molecule has 0 aromatic heterocycles. The number of rotatable bonds is 8. The van der Waals surface area contributed by atoms with Crippen LogP contribution < -0.4 is 9.47 Å². The van der Waals surface area contributed by atoms with Crippen LogP contribution in [0.1, 0.15) is 23.1 Å². The van der Waals surface area contributed by atoms with Crippen molar-refractivity contribution in [3.63, 3.8) is 0 Å². The lowest BCUT2D eigenvalue weighted by atomic mass is 10.0. The predicted molar refractivity (Wildman–Crippen MR) is 112 cm³/mol. The minimum Gasteiger partial charge on any atom is -0.493 e. The van der Waals surface area contributed by atoms with E-state index in [1.54, 1.807) is 14.2 Å². The molecule has 0 unspecified atom stereocenters. The van der Waals surface area contributed by atoms with Crippen LogP contribution in [0, 0.1) is 6.92 Å². The number of benzene rings is 2. The van der Waals surface area contributed by atoms with E-state index in [2.05, 4.69) is 53.1 Å². The normalized spacial score (nSPS) is 18.2. The topological polar surface area (TPSA) is 45.2 Å². The van der Waals surface area contributed by atoms with E-state index >= 15 is 0 Å². The van der Waals surface area contributed by atoms with E-state index in [0.29, 0.717) is 6.04 Å². The third kappa shape index (κ3) is 5.04. The summed E-state index contributed by atoms with van der Waals surface area (Å²) in [5.74, 6) is 1.53. The molecule has 1 fully saturated rings. The summed E-state index contributed by atoms with van der Waals surface area (Å²) in [7, 11) is 3.33. The Balaban J connectivity index is 1.66. The van der Waals surface area contributed by atoms with E-state index < -0.39 is 0 Å². The van der Waals surface area contributed by atoms with Gasteiger partial charge in [-0.3, -0.25) is 9.80 Å². The highest BCUT2D eigenvalue weighted by atomic mass is 16.5. The van der Waals surface area contributed by atoms with Crippen LogP contribution in [0.3, 0.4) is 0 Å². The number of piperazine rings is 1. The summed E-state index contributed by atoms with van der Waals surface area (Å²) in [6.07, 6.45) is 0.800. The molecular weight excluding hydrogens is 352 g/mol. The summed E-state index contributed by atoms with van der Waals surface area (Å²) in [6, 6.07) is 15.1. The SMILES string of the molecule is COc1ccc(CN2CCN(Cc3ccccc3C)[C@@H](CCO)C2)cc1OC. The Morgan fingerprint density at radius 2 is 1.79 bits per heavy atom. The van der Waals surface area contributed by atoms with Gasteiger partial charge in [0.05, 0.1) is 14.2 Å². The van der Waals surface area contributed by atoms with Crippen molar-refractivity contribution in [1.29, 1.82) is 0 Å². The first-order chi connectivity index (χ1) is 13.6. The molecule has 1 atom stereocenters. The number of hydrogen-bond donors (Lipinski definition) is 1. The monoisotopic (exact) mass is 384 g/mol. The fraction of sp³-hybridized carbons (Fsp3) is 0.478. The highest BCUT2D eigenvalue weighted by Gasteiger charge is 2.27. The lowest BCUT2D eigenvalue weighted by Gasteiger charge is -2.41. The third-order valence-electron chi connectivity index (χ3n) is 5.64. The predicted octanol–water partition coefficient (Wildman–Crippen LogP) is 3.08. The van der Waals surface area contributed by atoms with Gasteiger partial charge in [-0.1, -0.05) is 30.3 Å². The highest BCUT2D eigenvalue weighted by Crippen LogP contribution is 2.28. The average Bonchev–Trinajstić information content (AvgIpc) is 2.71. The van der Waals surface area contributed by atoms with Gasteiger partial charge in [0, 0.05) is 45.4 Å². The van der Waals surface area contributed by atoms with Gasteiger partial charge >= 0.3 is 0 Å². The molecular formula is C23H32N2O3. The molecule has 2 aromatic rings. The van der Waals surface area contributed by atoms with E-state index in [0.717, 1.165) is 50.6 Å². The highest BCUT2D eigenvalue weighted by molar-refractivity contribution is 5.42. The van der Waals surface area contributed by atoms with E-state index in [4.69, 9.17) is 9.47 Å². The molecule has 1 aliphatic heterocycles. The number of hydrogen-bond acceptors (Lipinski definition) is 5. The van der Waals surface area contributed by atoms with Gasteiger partial charge in [0.15, 0.2) is 11.5 Å². The van der Waals surface area contributed by atoms with E-state index in [1.807, 2.05) is 6.07 Å². The van der Waals surface area contributed by atoms with Crippen molar-refractivity contribution in [1.82, 2.24) is 9.80 Å². The molecule has 3 rings (SSSR count). The lowest BCUT2D eigenvalue weighted by Crippen LogP contribution is -2.52. The van der Waals surface area contributed by atoms with Crippen molar-refractivity contribution >= 4 is 0 Å². The number of aliphatic hydroxyl groups is 1. The van der Waals surface area contributed by atoms with Crippen molar-refractivity contribution in [2.75, 3.05) is 40.5 Å². The fourth-order valence-electron chi connectivity index (χ4n) is 3.98. The minimum absolute atomic E-state index is 0.221. The average molecular weight is 385 g/mol. The number of aryl methyl sites for hydroxylation is 1. The number of nitrogens with zero attached hydrogens (tertiary/aromatic N) is 2. The van der Waals surface area contributed by atoms with Crippen LogP contribution in [0.5, 0.6) is 11.5 Å². The molecule has 1 N–H and O–H groups in total. The Bertz CT molecular complexity index is 765. The Morgan fingerprint density at radius 1 is 1.00 bits per heavy atom. The van der Waals surface area contributed by atoms with Crippen molar-refractivity contribution < 1.29 is 14.6 Å².